The van der Waals surface area contributed by atoms with Crippen LogP contribution >= 0.6 is 0 Å². The number of amides is 4. The lowest BCUT2D eigenvalue weighted by Gasteiger charge is -2.25. The van der Waals surface area contributed by atoms with E-state index < -0.39 is 36.0 Å². The van der Waals surface area contributed by atoms with Crippen molar-refractivity contribution in [2.45, 2.75) is 32.7 Å². The molecule has 0 unspecified atom stereocenters. The second-order valence-electron chi connectivity index (χ2n) is 5.99. The van der Waals surface area contributed by atoms with Crippen LogP contribution in [-0.4, -0.2) is 35.4 Å². The van der Waals surface area contributed by atoms with Gasteiger partial charge in [-0.05, 0) is 12.0 Å². The van der Waals surface area contributed by atoms with Crippen molar-refractivity contribution in [3.8, 4) is 0 Å². The molecule has 8 nitrogen and oxygen atoms in total. The molecule has 4 amide bonds. The van der Waals surface area contributed by atoms with Crippen molar-refractivity contribution in [2.75, 3.05) is 6.61 Å². The van der Waals surface area contributed by atoms with Crippen molar-refractivity contribution in [2.24, 2.45) is 5.92 Å². The molecule has 0 saturated carbocycles. The molecule has 1 saturated heterocycles. The Morgan fingerprint density at radius 1 is 1.24 bits per heavy atom. The van der Waals surface area contributed by atoms with Gasteiger partial charge in [0, 0.05) is 0 Å². The fourth-order valence-corrected chi connectivity index (χ4v) is 2.50. The number of ether oxygens (including phenoxy) is 1. The Bertz CT molecular complexity index is 689. The van der Waals surface area contributed by atoms with Crippen molar-refractivity contribution < 1.29 is 23.9 Å². The number of hydrazine groups is 1. The Morgan fingerprint density at radius 2 is 1.88 bits per heavy atom. The molecule has 1 aromatic carbocycles. The number of hydrogen-bond acceptors (Lipinski definition) is 5. The van der Waals surface area contributed by atoms with Crippen LogP contribution in [0.2, 0.25) is 0 Å². The molecule has 2 rings (SSSR count). The Morgan fingerprint density at radius 3 is 2.44 bits per heavy atom. The number of nitrogens with one attached hydrogen (secondary N) is 2. The van der Waals surface area contributed by atoms with Crippen molar-refractivity contribution in [1.29, 1.82) is 0 Å². The van der Waals surface area contributed by atoms with Crippen LogP contribution in [0.1, 0.15) is 32.8 Å². The van der Waals surface area contributed by atoms with Gasteiger partial charge in [0.05, 0.1) is 5.92 Å². The monoisotopic (exact) mass is 347 g/mol. The van der Waals surface area contributed by atoms with Gasteiger partial charge in [-0.25, -0.2) is 4.79 Å². The summed E-state index contributed by atoms with van der Waals surface area (Å²) in [5, 5.41) is 3.26. The lowest BCUT2D eigenvalue weighted by molar-refractivity contribution is -0.153. The van der Waals surface area contributed by atoms with Crippen LogP contribution < -0.4 is 10.7 Å². The van der Waals surface area contributed by atoms with Crippen LogP contribution in [0, 0.1) is 5.92 Å². The zero-order valence-corrected chi connectivity index (χ0v) is 14.4. The predicted octanol–water partition coefficient (Wildman–Crippen LogP) is 1.07. The normalized spacial score (nSPS) is 19.8. The minimum Gasteiger partial charge on any atom is -0.455 e. The summed E-state index contributed by atoms with van der Waals surface area (Å²) in [6.45, 7) is 4.46. The average Bonchev–Trinajstić information content (AvgIpc) is 2.85. The largest absolute Gasteiger partial charge is 0.455 e. The van der Waals surface area contributed by atoms with Gasteiger partial charge >= 0.3 is 12.0 Å². The Hall–Kier alpha value is -2.90. The first-order valence-corrected chi connectivity index (χ1v) is 8.00. The smallest absolute Gasteiger partial charge is 0.344 e. The van der Waals surface area contributed by atoms with Gasteiger partial charge < -0.3 is 10.1 Å². The van der Waals surface area contributed by atoms with E-state index in [-0.39, 0.29) is 5.92 Å². The van der Waals surface area contributed by atoms with Crippen molar-refractivity contribution in [1.82, 2.24) is 15.8 Å². The maximum Gasteiger partial charge on any atom is 0.344 e. The molecule has 1 aliphatic heterocycles. The number of hydrogen-bond donors (Lipinski definition) is 2. The summed E-state index contributed by atoms with van der Waals surface area (Å²) in [5.74, 6) is -2.28. The van der Waals surface area contributed by atoms with E-state index in [2.05, 4.69) is 10.7 Å². The molecule has 1 atom stereocenters. The molecule has 1 aliphatic rings. The number of rotatable bonds is 6. The second kappa shape index (κ2) is 7.33. The van der Waals surface area contributed by atoms with E-state index in [9.17, 15) is 19.2 Å². The minimum absolute atomic E-state index is 0.316. The molecular formula is C17H21N3O5. The number of carbonyl (C=O) groups is 4. The van der Waals surface area contributed by atoms with Gasteiger partial charge in [0.2, 0.25) is 0 Å². The van der Waals surface area contributed by atoms with E-state index in [1.54, 1.807) is 51.1 Å². The fourth-order valence-electron chi connectivity index (χ4n) is 2.50. The SMILES string of the molecule is CC[C@@]1(c2ccccc2)NC(=O)N(NC(=O)COC(=O)C(C)C)C1=O. The van der Waals surface area contributed by atoms with Crippen molar-refractivity contribution >= 4 is 23.8 Å². The minimum atomic E-state index is -1.24. The van der Waals surface area contributed by atoms with Crippen LogP contribution in [0.3, 0.4) is 0 Å². The van der Waals surface area contributed by atoms with Crippen molar-refractivity contribution in [3.05, 3.63) is 35.9 Å². The molecule has 0 aromatic heterocycles. The molecule has 1 heterocycles. The first-order valence-electron chi connectivity index (χ1n) is 8.00. The standard InChI is InChI=1S/C17H21N3O5/c1-4-17(12-8-6-5-7-9-12)15(23)20(16(24)18-17)19-13(21)10-25-14(22)11(2)3/h5-9,11H,4,10H2,1-3H3,(H,18,24)(H,19,21)/t17-/m0/s1. The van der Waals surface area contributed by atoms with Crippen molar-refractivity contribution in [3.63, 3.8) is 0 Å². The molecule has 1 fully saturated rings. The molecule has 134 valence electrons. The molecule has 0 radical (unpaired) electrons. The highest BCUT2D eigenvalue weighted by atomic mass is 16.5. The van der Waals surface area contributed by atoms with Gasteiger partial charge in [0.25, 0.3) is 11.8 Å². The summed E-state index contributed by atoms with van der Waals surface area (Å²) in [4.78, 5) is 48.2. The summed E-state index contributed by atoms with van der Waals surface area (Å²) < 4.78 is 4.79. The zero-order chi connectivity index (χ0) is 18.6. The molecule has 2 N–H and O–H groups in total. The van der Waals surface area contributed by atoms with E-state index in [0.717, 1.165) is 0 Å². The van der Waals surface area contributed by atoms with Crippen LogP contribution in [0.4, 0.5) is 4.79 Å². The first-order chi connectivity index (χ1) is 11.8. The van der Waals surface area contributed by atoms with Crippen LogP contribution in [0.5, 0.6) is 0 Å². The maximum absolute atomic E-state index is 12.8. The summed E-state index contributed by atoms with van der Waals surface area (Å²) in [6, 6.07) is 8.06. The van der Waals surface area contributed by atoms with Crippen LogP contribution in [-0.2, 0) is 24.7 Å². The fraction of sp³-hybridized carbons (Fsp3) is 0.412. The van der Waals surface area contributed by atoms with E-state index in [1.807, 2.05) is 0 Å². The van der Waals surface area contributed by atoms with Gasteiger partial charge in [0.15, 0.2) is 6.61 Å². The number of carbonyl (C=O) groups excluding carboxylic acids is 4. The highest BCUT2D eigenvalue weighted by molar-refractivity contribution is 6.08. The molecule has 0 spiro atoms. The zero-order valence-electron chi connectivity index (χ0n) is 14.4. The van der Waals surface area contributed by atoms with Gasteiger partial charge in [0.1, 0.15) is 5.54 Å². The predicted molar refractivity (Wildman–Crippen MR) is 87.7 cm³/mol. The molecule has 25 heavy (non-hydrogen) atoms. The summed E-state index contributed by atoms with van der Waals surface area (Å²) >= 11 is 0. The number of esters is 1. The lowest BCUT2D eigenvalue weighted by Crippen LogP contribution is -2.49. The first kappa shape index (κ1) is 18.4. The Labute approximate surface area is 145 Å². The molecule has 8 heteroatoms. The van der Waals surface area contributed by atoms with E-state index >= 15 is 0 Å². The highest BCUT2D eigenvalue weighted by Gasteiger charge is 2.52. The van der Waals surface area contributed by atoms with Crippen LogP contribution in [0.15, 0.2) is 30.3 Å². The van der Waals surface area contributed by atoms with Crippen LogP contribution in [0.25, 0.3) is 0 Å². The van der Waals surface area contributed by atoms with Gasteiger partial charge in [-0.2, -0.15) is 5.01 Å². The van der Waals surface area contributed by atoms with E-state index in [1.165, 1.54) is 0 Å². The number of imide groups is 1. The van der Waals surface area contributed by atoms with E-state index in [4.69, 9.17) is 4.74 Å². The van der Waals surface area contributed by atoms with E-state index in [0.29, 0.717) is 17.0 Å². The third-order valence-corrected chi connectivity index (χ3v) is 3.94. The summed E-state index contributed by atoms with van der Waals surface area (Å²) in [6.07, 6.45) is 0.316. The number of benzene rings is 1. The quantitative estimate of drug-likeness (QED) is 0.592. The summed E-state index contributed by atoms with van der Waals surface area (Å²) in [5.41, 5.74) is 1.58. The second-order valence-corrected chi connectivity index (χ2v) is 5.99. The molecular weight excluding hydrogens is 326 g/mol. The number of nitrogens with zero attached hydrogens (tertiary/aromatic N) is 1. The third-order valence-electron chi connectivity index (χ3n) is 3.94. The molecule has 1 aromatic rings. The number of urea groups is 1. The Kier molecular flexibility index (Phi) is 5.41. The third kappa shape index (κ3) is 3.62. The average molecular weight is 347 g/mol. The highest BCUT2D eigenvalue weighted by Crippen LogP contribution is 2.31. The maximum atomic E-state index is 12.8. The van der Waals surface area contributed by atoms with Gasteiger partial charge in [-0.1, -0.05) is 51.1 Å². The Balaban J connectivity index is 2.10. The summed E-state index contributed by atoms with van der Waals surface area (Å²) in [7, 11) is 0. The lowest BCUT2D eigenvalue weighted by atomic mass is 9.87. The molecule has 0 bridgehead atoms. The van der Waals surface area contributed by atoms with Gasteiger partial charge in [-0.3, -0.25) is 19.8 Å². The van der Waals surface area contributed by atoms with Gasteiger partial charge in [-0.15, -0.1) is 0 Å². The molecule has 0 aliphatic carbocycles. The topological polar surface area (TPSA) is 105 Å².